The number of nitrogens with zero attached hydrogens (tertiary/aromatic N) is 1. The van der Waals surface area contributed by atoms with Crippen molar-refractivity contribution in [3.63, 3.8) is 0 Å². The Labute approximate surface area is 378 Å². The molecule has 0 aliphatic carbocycles. The van der Waals surface area contributed by atoms with Crippen LogP contribution in [0.4, 0.5) is 0 Å². The second kappa shape index (κ2) is 41.3. The van der Waals surface area contributed by atoms with Gasteiger partial charge in [-0.05, 0) is 83.5 Å². The lowest BCUT2D eigenvalue weighted by atomic mass is 10.0. The van der Waals surface area contributed by atoms with E-state index in [-0.39, 0.29) is 45.3 Å². The van der Waals surface area contributed by atoms with E-state index in [2.05, 4.69) is 62.5 Å². The Morgan fingerprint density at radius 2 is 1.03 bits per heavy atom. The minimum atomic E-state index is -4.46. The van der Waals surface area contributed by atoms with Crippen LogP contribution in [0.2, 0.25) is 0 Å². The van der Waals surface area contributed by atoms with Crippen molar-refractivity contribution in [2.24, 2.45) is 0 Å². The van der Waals surface area contributed by atoms with Crippen LogP contribution in [0.1, 0.15) is 181 Å². The van der Waals surface area contributed by atoms with E-state index < -0.39 is 44.7 Å². The molecule has 0 amide bonds. The summed E-state index contributed by atoms with van der Waals surface area (Å²) in [6, 6.07) is 0. The molecule has 0 aromatic carbocycles. The third-order valence-corrected chi connectivity index (χ3v) is 11.2. The monoisotopic (exact) mass is 897 g/mol. The largest absolute Gasteiger partial charge is 0.472 e. The highest BCUT2D eigenvalue weighted by molar-refractivity contribution is 7.47. The number of allylic oxidation sites excluding steroid dienone is 9. The zero-order chi connectivity index (χ0) is 46.0. The summed E-state index contributed by atoms with van der Waals surface area (Å²) >= 11 is 0. The molecule has 0 bridgehead atoms. The Balaban J connectivity index is 4.53. The van der Waals surface area contributed by atoms with Crippen molar-refractivity contribution < 1.29 is 52.3 Å². The van der Waals surface area contributed by atoms with E-state index in [4.69, 9.17) is 18.5 Å². The first-order valence-corrected chi connectivity index (χ1v) is 25.7. The lowest BCUT2D eigenvalue weighted by Crippen LogP contribution is -2.37. The van der Waals surface area contributed by atoms with Crippen molar-refractivity contribution in [2.45, 2.75) is 199 Å². The predicted octanol–water partition coefficient (Wildman–Crippen LogP) is 12.0. The van der Waals surface area contributed by atoms with Gasteiger partial charge in [0, 0.05) is 12.8 Å². The maximum Gasteiger partial charge on any atom is 0.472 e. The number of carbonyl (C=O) groups is 2. The average molecular weight is 897 g/mol. The van der Waals surface area contributed by atoms with Crippen molar-refractivity contribution in [3.8, 4) is 0 Å². The Bertz CT molecular complexity index is 1270. The summed E-state index contributed by atoms with van der Waals surface area (Å²) in [5.41, 5.74) is 0. The van der Waals surface area contributed by atoms with Gasteiger partial charge >= 0.3 is 19.8 Å². The van der Waals surface area contributed by atoms with Gasteiger partial charge in [-0.2, -0.15) is 0 Å². The number of aliphatic hydroxyl groups is 2. The first kappa shape index (κ1) is 59.6. The van der Waals surface area contributed by atoms with Crippen LogP contribution in [0.15, 0.2) is 60.8 Å². The topological polar surface area (TPSA) is 149 Å². The molecule has 360 valence electrons. The molecule has 0 heterocycles. The summed E-state index contributed by atoms with van der Waals surface area (Å²) in [6.07, 6.45) is 42.9. The molecule has 0 spiro atoms. The molecule has 3 N–H and O–H groups in total. The number of hydrogen-bond acceptors (Lipinski definition) is 9. The molecule has 11 nitrogen and oxygen atoms in total. The number of aliphatic hydroxyl groups excluding tert-OH is 2. The molecule has 62 heavy (non-hydrogen) atoms. The number of phosphoric ester groups is 1. The zero-order valence-corrected chi connectivity index (χ0v) is 40.7. The van der Waals surface area contributed by atoms with Crippen LogP contribution >= 0.6 is 7.82 Å². The minimum Gasteiger partial charge on any atom is -0.462 e. The fourth-order valence-corrected chi connectivity index (χ4v) is 7.01. The van der Waals surface area contributed by atoms with Crippen LogP contribution in [-0.2, 0) is 32.7 Å². The molecule has 0 saturated heterocycles. The number of carbonyl (C=O) groups excluding carboxylic acids is 2. The minimum absolute atomic E-state index is 0.0234. The number of quaternary nitrogens is 1. The van der Waals surface area contributed by atoms with Crippen LogP contribution in [0.5, 0.6) is 0 Å². The molecule has 0 saturated carbocycles. The number of ether oxygens (including phenoxy) is 2. The molecule has 0 rings (SSSR count). The standard InChI is InChI=1S/C50H90NO10P/c1-6-8-10-12-14-16-18-20-21-22-23-24-25-26-28-30-32-34-36-40-49(54)58-44-46(45-60-62(56,57)59-43-42-51(3,4)5)61-50(55)41-37-39-48(53)47(52)38-35-33-31-29-27-19-17-15-13-11-9-7-2/h14-17,20-21,27,29,33,35,46-48,52-53H,6-13,18-19,22-26,28,30-32,34,36-45H2,1-5H3/p+1/b16-14-,17-15-,21-20-,29-27-,35-33-/t46-,47?,48?/m1/s1. The molecule has 4 atom stereocenters. The van der Waals surface area contributed by atoms with Gasteiger partial charge in [0.25, 0.3) is 0 Å². The molecule has 0 aliphatic heterocycles. The van der Waals surface area contributed by atoms with Crippen molar-refractivity contribution in [3.05, 3.63) is 60.8 Å². The third-order valence-electron chi connectivity index (χ3n) is 10.2. The molecular weight excluding hydrogens is 806 g/mol. The van der Waals surface area contributed by atoms with Gasteiger partial charge < -0.3 is 29.1 Å². The summed E-state index contributed by atoms with van der Waals surface area (Å²) in [7, 11) is 1.29. The van der Waals surface area contributed by atoms with Crippen molar-refractivity contribution in [2.75, 3.05) is 47.5 Å². The van der Waals surface area contributed by atoms with Crippen molar-refractivity contribution in [1.82, 2.24) is 0 Å². The summed E-state index contributed by atoms with van der Waals surface area (Å²) < 4.78 is 34.1. The van der Waals surface area contributed by atoms with E-state index >= 15 is 0 Å². The smallest absolute Gasteiger partial charge is 0.462 e. The highest BCUT2D eigenvalue weighted by Gasteiger charge is 2.27. The van der Waals surface area contributed by atoms with E-state index in [1.165, 1.54) is 77.0 Å². The highest BCUT2D eigenvalue weighted by Crippen LogP contribution is 2.43. The van der Waals surface area contributed by atoms with Gasteiger partial charge in [-0.1, -0.05) is 145 Å². The normalized spacial score (nSPS) is 15.0. The Morgan fingerprint density at radius 3 is 1.56 bits per heavy atom. The summed E-state index contributed by atoms with van der Waals surface area (Å²) in [5, 5.41) is 20.8. The fraction of sp³-hybridized carbons (Fsp3) is 0.760. The van der Waals surface area contributed by atoms with Gasteiger partial charge in [0.15, 0.2) is 6.10 Å². The maximum atomic E-state index is 12.8. The fourth-order valence-electron chi connectivity index (χ4n) is 6.26. The second-order valence-electron chi connectivity index (χ2n) is 17.4. The van der Waals surface area contributed by atoms with E-state index in [0.29, 0.717) is 17.4 Å². The number of esters is 2. The SMILES string of the molecule is CCCCC/C=C\C/C=C\C/C=C\CC(O)C(O)CCCC(=O)O[C@H](COC(=O)CCCCCCCCCCC/C=C\C/C=C\CCCCC)COP(=O)(O)OCC[N+](C)(C)C. The second-order valence-corrected chi connectivity index (χ2v) is 18.9. The van der Waals surface area contributed by atoms with Gasteiger partial charge in [0.2, 0.25) is 0 Å². The number of likely N-dealkylation sites (N-methyl/N-ethyl adjacent to an activating group) is 1. The Hall–Kier alpha value is -2.37. The van der Waals surface area contributed by atoms with E-state index in [9.17, 15) is 29.3 Å². The van der Waals surface area contributed by atoms with Gasteiger partial charge in [0.05, 0.1) is 40.0 Å². The van der Waals surface area contributed by atoms with Crippen molar-refractivity contribution in [1.29, 1.82) is 0 Å². The van der Waals surface area contributed by atoms with Gasteiger partial charge in [-0.15, -0.1) is 0 Å². The van der Waals surface area contributed by atoms with Gasteiger partial charge in [-0.25, -0.2) is 4.57 Å². The summed E-state index contributed by atoms with van der Waals surface area (Å²) in [6.45, 7) is 4.02. The molecule has 0 fully saturated rings. The molecule has 0 aromatic heterocycles. The Morgan fingerprint density at radius 1 is 0.565 bits per heavy atom. The first-order valence-electron chi connectivity index (χ1n) is 24.2. The molecular formula is C50H91NO10P+. The lowest BCUT2D eigenvalue weighted by molar-refractivity contribution is -0.870. The van der Waals surface area contributed by atoms with Gasteiger partial charge in [-0.3, -0.25) is 18.6 Å². The molecule has 3 unspecified atom stereocenters. The highest BCUT2D eigenvalue weighted by atomic mass is 31.2. The molecule has 0 aliphatic rings. The van der Waals surface area contributed by atoms with Gasteiger partial charge in [0.1, 0.15) is 19.8 Å². The lowest BCUT2D eigenvalue weighted by Gasteiger charge is -2.24. The number of unbranched alkanes of at least 4 members (excludes halogenated alkanes) is 15. The predicted molar refractivity (Wildman–Crippen MR) is 255 cm³/mol. The quantitative estimate of drug-likeness (QED) is 0.0177. The van der Waals surface area contributed by atoms with E-state index in [1.807, 2.05) is 33.3 Å². The third kappa shape index (κ3) is 42.9. The first-order chi connectivity index (χ1) is 29.8. The van der Waals surface area contributed by atoms with E-state index in [1.54, 1.807) is 0 Å². The van der Waals surface area contributed by atoms with Crippen LogP contribution in [0.3, 0.4) is 0 Å². The van der Waals surface area contributed by atoms with E-state index in [0.717, 1.165) is 51.4 Å². The Kier molecular flexibility index (Phi) is 39.8. The van der Waals surface area contributed by atoms with Crippen LogP contribution in [0.25, 0.3) is 0 Å². The van der Waals surface area contributed by atoms with Crippen LogP contribution < -0.4 is 0 Å². The summed E-state index contributed by atoms with van der Waals surface area (Å²) in [5.74, 6) is -1.09. The number of phosphoric acid groups is 1. The molecule has 12 heteroatoms. The summed E-state index contributed by atoms with van der Waals surface area (Å²) in [4.78, 5) is 35.5. The van der Waals surface area contributed by atoms with Crippen molar-refractivity contribution >= 4 is 19.8 Å². The maximum absolute atomic E-state index is 12.8. The van der Waals surface area contributed by atoms with Crippen LogP contribution in [0, 0.1) is 0 Å². The average Bonchev–Trinajstić information content (AvgIpc) is 3.22. The number of hydrogen-bond donors (Lipinski definition) is 3. The molecule has 0 aromatic rings. The number of rotatable bonds is 43. The zero-order valence-electron chi connectivity index (χ0n) is 39.8. The van der Waals surface area contributed by atoms with Crippen LogP contribution in [-0.4, -0.2) is 97.3 Å². The molecule has 0 radical (unpaired) electrons.